The first-order valence-electron chi connectivity index (χ1n) is 12.3. The van der Waals surface area contributed by atoms with E-state index >= 15 is 0 Å². The normalized spacial score (nSPS) is 19.3. The van der Waals surface area contributed by atoms with Crippen molar-refractivity contribution in [2.45, 2.75) is 96.6 Å². The molecule has 1 aromatic carbocycles. The van der Waals surface area contributed by atoms with E-state index in [9.17, 15) is 9.59 Å². The summed E-state index contributed by atoms with van der Waals surface area (Å²) >= 11 is 0. The Labute approximate surface area is 187 Å². The summed E-state index contributed by atoms with van der Waals surface area (Å²) < 4.78 is 5.98. The molecule has 0 aromatic heterocycles. The third kappa shape index (κ3) is 6.98. The number of para-hydroxylation sites is 1. The van der Waals surface area contributed by atoms with Gasteiger partial charge in [-0.3, -0.25) is 9.59 Å². The Kier molecular flexibility index (Phi) is 8.79. The van der Waals surface area contributed by atoms with Crippen LogP contribution < -0.4 is 10.1 Å². The third-order valence-corrected chi connectivity index (χ3v) is 6.90. The Balaban J connectivity index is 1.39. The summed E-state index contributed by atoms with van der Waals surface area (Å²) in [5.74, 6) is 2.07. The summed E-state index contributed by atoms with van der Waals surface area (Å²) in [5, 5.41) is 3.13. The second-order valence-electron chi connectivity index (χ2n) is 9.66. The maximum Gasteiger partial charge on any atom is 0.260 e. The van der Waals surface area contributed by atoms with E-state index < -0.39 is 6.10 Å². The van der Waals surface area contributed by atoms with Crippen LogP contribution in [0.3, 0.4) is 0 Å². The number of nitrogens with one attached hydrogen (secondary N) is 1. The summed E-state index contributed by atoms with van der Waals surface area (Å²) in [5.41, 5.74) is 1.11. The number of likely N-dealkylation sites (tertiary alicyclic amines) is 1. The van der Waals surface area contributed by atoms with Crippen LogP contribution in [-0.4, -0.2) is 41.9 Å². The number of benzene rings is 1. The molecule has 5 nitrogen and oxygen atoms in total. The minimum atomic E-state index is -0.546. The van der Waals surface area contributed by atoms with Gasteiger partial charge in [-0.2, -0.15) is 0 Å². The minimum absolute atomic E-state index is 0.0827. The van der Waals surface area contributed by atoms with Crippen LogP contribution >= 0.6 is 0 Å². The van der Waals surface area contributed by atoms with Crippen LogP contribution in [0.1, 0.15) is 90.0 Å². The van der Waals surface area contributed by atoms with Gasteiger partial charge in [0.05, 0.1) is 0 Å². The van der Waals surface area contributed by atoms with Crippen molar-refractivity contribution >= 4 is 11.8 Å². The fourth-order valence-electron chi connectivity index (χ4n) is 4.86. The quantitative estimate of drug-likeness (QED) is 0.631. The van der Waals surface area contributed by atoms with E-state index in [0.29, 0.717) is 12.3 Å². The van der Waals surface area contributed by atoms with Gasteiger partial charge in [0, 0.05) is 25.6 Å². The molecule has 1 aliphatic carbocycles. The van der Waals surface area contributed by atoms with Gasteiger partial charge in [0.25, 0.3) is 5.91 Å². The molecule has 0 radical (unpaired) electrons. The Morgan fingerprint density at radius 2 is 1.71 bits per heavy atom. The molecule has 1 unspecified atom stereocenters. The molecule has 0 bridgehead atoms. The molecule has 5 heteroatoms. The van der Waals surface area contributed by atoms with Gasteiger partial charge < -0.3 is 15.0 Å². The average Bonchev–Trinajstić information content (AvgIpc) is 2.78. The standard InChI is InChI=1S/C26H40N2O3/c1-19(2)23-11-7-8-12-24(23)31-20(3)26(30)27-22-15-17-28(18-16-22)25(29)14-13-21-9-5-4-6-10-21/h7-8,11-12,19-22H,4-6,9-10,13-18H2,1-3H3,(H,27,30). The Morgan fingerprint density at radius 1 is 1.03 bits per heavy atom. The van der Waals surface area contributed by atoms with Crippen molar-refractivity contribution in [1.29, 1.82) is 0 Å². The highest BCUT2D eigenvalue weighted by molar-refractivity contribution is 5.81. The Morgan fingerprint density at radius 3 is 2.39 bits per heavy atom. The molecule has 1 aliphatic heterocycles. The molecule has 2 amide bonds. The number of hydrogen-bond donors (Lipinski definition) is 1. The number of piperidine rings is 1. The number of carbonyl (C=O) groups excluding carboxylic acids is 2. The first-order chi connectivity index (χ1) is 14.9. The number of rotatable bonds is 8. The molecule has 2 aliphatic rings. The third-order valence-electron chi connectivity index (χ3n) is 6.90. The molecule has 3 rings (SSSR count). The fourth-order valence-corrected chi connectivity index (χ4v) is 4.86. The predicted octanol–water partition coefficient (Wildman–Crippen LogP) is 5.05. The van der Waals surface area contributed by atoms with E-state index in [1.165, 1.54) is 32.1 Å². The van der Waals surface area contributed by atoms with E-state index in [-0.39, 0.29) is 17.9 Å². The predicted molar refractivity (Wildman–Crippen MR) is 124 cm³/mol. The lowest BCUT2D eigenvalue weighted by molar-refractivity contribution is -0.133. The molecule has 1 heterocycles. The van der Waals surface area contributed by atoms with Gasteiger partial charge in [0.1, 0.15) is 5.75 Å². The van der Waals surface area contributed by atoms with E-state index in [2.05, 4.69) is 19.2 Å². The van der Waals surface area contributed by atoms with E-state index in [4.69, 9.17) is 4.74 Å². The summed E-state index contributed by atoms with van der Waals surface area (Å²) in [6.07, 6.45) is 9.42. The van der Waals surface area contributed by atoms with Crippen molar-refractivity contribution < 1.29 is 14.3 Å². The van der Waals surface area contributed by atoms with E-state index in [1.54, 1.807) is 6.92 Å². The highest BCUT2D eigenvalue weighted by Gasteiger charge is 2.26. The Hall–Kier alpha value is -2.04. The largest absolute Gasteiger partial charge is 0.481 e. The van der Waals surface area contributed by atoms with Crippen LogP contribution in [0.25, 0.3) is 0 Å². The van der Waals surface area contributed by atoms with E-state index in [1.807, 2.05) is 29.2 Å². The van der Waals surface area contributed by atoms with Crippen molar-refractivity contribution in [2.24, 2.45) is 5.92 Å². The SMILES string of the molecule is CC(Oc1ccccc1C(C)C)C(=O)NC1CCN(C(=O)CCC2CCCCC2)CC1. The van der Waals surface area contributed by atoms with Crippen molar-refractivity contribution in [1.82, 2.24) is 10.2 Å². The summed E-state index contributed by atoms with van der Waals surface area (Å²) in [6.45, 7) is 7.52. The van der Waals surface area contributed by atoms with Crippen LogP contribution in [0.4, 0.5) is 0 Å². The van der Waals surface area contributed by atoms with Gasteiger partial charge in [-0.25, -0.2) is 0 Å². The van der Waals surface area contributed by atoms with Crippen molar-refractivity contribution in [3.8, 4) is 5.75 Å². The first kappa shape index (κ1) is 23.6. The second-order valence-corrected chi connectivity index (χ2v) is 9.66. The van der Waals surface area contributed by atoms with Crippen LogP contribution in [0, 0.1) is 5.92 Å². The van der Waals surface area contributed by atoms with Crippen molar-refractivity contribution in [3.05, 3.63) is 29.8 Å². The molecule has 1 N–H and O–H groups in total. The summed E-state index contributed by atoms with van der Waals surface area (Å²) in [7, 11) is 0. The molecular weight excluding hydrogens is 388 g/mol. The second kappa shape index (κ2) is 11.5. The summed E-state index contributed by atoms with van der Waals surface area (Å²) in [6, 6.07) is 8.02. The van der Waals surface area contributed by atoms with Gasteiger partial charge in [-0.1, -0.05) is 64.2 Å². The molecule has 1 atom stereocenters. The van der Waals surface area contributed by atoms with Crippen LogP contribution in [0.5, 0.6) is 5.75 Å². The molecular formula is C26H40N2O3. The van der Waals surface area contributed by atoms with Crippen LogP contribution in [-0.2, 0) is 9.59 Å². The van der Waals surface area contributed by atoms with Gasteiger partial charge in [-0.05, 0) is 49.7 Å². The number of ether oxygens (including phenoxy) is 1. The number of hydrogen-bond acceptors (Lipinski definition) is 3. The zero-order valence-electron chi connectivity index (χ0n) is 19.6. The smallest absolute Gasteiger partial charge is 0.260 e. The lowest BCUT2D eigenvalue weighted by atomic mass is 9.86. The molecule has 1 aromatic rings. The number of nitrogens with zero attached hydrogens (tertiary/aromatic N) is 1. The lowest BCUT2D eigenvalue weighted by Gasteiger charge is -2.33. The summed E-state index contributed by atoms with van der Waals surface area (Å²) in [4.78, 5) is 27.2. The van der Waals surface area contributed by atoms with Gasteiger partial charge >= 0.3 is 0 Å². The Bertz CT molecular complexity index is 719. The molecule has 1 saturated heterocycles. The number of amides is 2. The molecule has 1 saturated carbocycles. The van der Waals surface area contributed by atoms with Gasteiger partial charge in [0.2, 0.25) is 5.91 Å². The minimum Gasteiger partial charge on any atom is -0.481 e. The monoisotopic (exact) mass is 428 g/mol. The fraction of sp³-hybridized carbons (Fsp3) is 0.692. The van der Waals surface area contributed by atoms with Gasteiger partial charge in [0.15, 0.2) is 6.10 Å². The van der Waals surface area contributed by atoms with Crippen LogP contribution in [0.2, 0.25) is 0 Å². The molecule has 2 fully saturated rings. The maximum atomic E-state index is 12.7. The zero-order valence-corrected chi connectivity index (χ0v) is 19.6. The zero-order chi connectivity index (χ0) is 22.2. The number of carbonyl (C=O) groups is 2. The molecule has 172 valence electrons. The lowest BCUT2D eigenvalue weighted by Crippen LogP contribution is -2.49. The van der Waals surface area contributed by atoms with Crippen molar-refractivity contribution in [3.63, 3.8) is 0 Å². The molecule has 0 spiro atoms. The average molecular weight is 429 g/mol. The molecule has 31 heavy (non-hydrogen) atoms. The first-order valence-corrected chi connectivity index (χ1v) is 12.3. The highest BCUT2D eigenvalue weighted by Crippen LogP contribution is 2.28. The topological polar surface area (TPSA) is 58.6 Å². The highest BCUT2D eigenvalue weighted by atomic mass is 16.5. The van der Waals surface area contributed by atoms with Gasteiger partial charge in [-0.15, -0.1) is 0 Å². The van der Waals surface area contributed by atoms with Crippen molar-refractivity contribution in [2.75, 3.05) is 13.1 Å². The van der Waals surface area contributed by atoms with Crippen LogP contribution in [0.15, 0.2) is 24.3 Å². The maximum absolute atomic E-state index is 12.7. The van der Waals surface area contributed by atoms with E-state index in [0.717, 1.165) is 49.6 Å².